The van der Waals surface area contributed by atoms with Crippen molar-refractivity contribution in [3.8, 4) is 5.69 Å². The van der Waals surface area contributed by atoms with Gasteiger partial charge in [0.25, 0.3) is 0 Å². The number of para-hydroxylation sites is 3. The maximum absolute atomic E-state index is 5.15. The van der Waals surface area contributed by atoms with Crippen LogP contribution >= 0.6 is 0 Å². The molecule has 0 aliphatic heterocycles. The second kappa shape index (κ2) is 6.42. The molecule has 0 aliphatic rings. The molecule has 4 aromatic heterocycles. The Kier molecular flexibility index (Phi) is 3.36. The van der Waals surface area contributed by atoms with Gasteiger partial charge in [0.1, 0.15) is 5.65 Å². The van der Waals surface area contributed by atoms with E-state index in [1.54, 1.807) is 0 Å². The Morgan fingerprint density at radius 3 is 2.18 bits per heavy atom. The Hall–Kier alpha value is -4.70. The zero-order chi connectivity index (χ0) is 22.2. The van der Waals surface area contributed by atoms with Crippen molar-refractivity contribution in [3.05, 3.63) is 109 Å². The molecule has 8 rings (SSSR count). The molecule has 0 saturated heterocycles. The average Bonchev–Trinajstić information content (AvgIpc) is 3.45. The van der Waals surface area contributed by atoms with E-state index in [1.165, 1.54) is 38.0 Å². The van der Waals surface area contributed by atoms with E-state index in [1.807, 2.05) is 18.5 Å². The highest BCUT2D eigenvalue weighted by molar-refractivity contribution is 6.29. The Balaban J connectivity index is 1.73. The number of hydrogen-bond donors (Lipinski definition) is 0. The maximum atomic E-state index is 5.15. The topological polar surface area (TPSA) is 35.1 Å². The van der Waals surface area contributed by atoms with E-state index < -0.39 is 0 Å². The predicted octanol–water partition coefficient (Wildman–Crippen LogP) is 7.29. The fourth-order valence-electron chi connectivity index (χ4n) is 5.60. The van der Waals surface area contributed by atoms with E-state index in [0.29, 0.717) is 0 Å². The third-order valence-corrected chi connectivity index (χ3v) is 6.97. The zero-order valence-electron chi connectivity index (χ0n) is 18.2. The molecule has 0 N–H and O–H groups in total. The molecule has 0 fully saturated rings. The minimum absolute atomic E-state index is 0.955. The first-order valence-corrected chi connectivity index (χ1v) is 11.4. The van der Waals surface area contributed by atoms with Crippen molar-refractivity contribution < 1.29 is 0 Å². The van der Waals surface area contributed by atoms with Crippen molar-refractivity contribution in [2.24, 2.45) is 0 Å². The lowest BCUT2D eigenvalue weighted by Crippen LogP contribution is -1.94. The molecule has 0 aliphatic carbocycles. The molecule has 0 bridgehead atoms. The summed E-state index contributed by atoms with van der Waals surface area (Å²) < 4.78 is 4.63. The van der Waals surface area contributed by atoms with Crippen molar-refractivity contribution in [1.82, 2.24) is 18.9 Å². The van der Waals surface area contributed by atoms with Gasteiger partial charge in [-0.3, -0.25) is 9.38 Å². The highest BCUT2D eigenvalue weighted by Gasteiger charge is 2.20. The van der Waals surface area contributed by atoms with Gasteiger partial charge in [-0.05, 0) is 41.8 Å². The fourth-order valence-corrected chi connectivity index (χ4v) is 5.60. The number of nitrogens with zero attached hydrogens (tertiary/aromatic N) is 4. The largest absolute Gasteiger partial charge is 0.309 e. The SMILES string of the molecule is c1ccc(-n2c3ccccc3c3c4c(ccc32)c2ccccc2n2c3cnccc3nc42)cc1. The van der Waals surface area contributed by atoms with E-state index in [9.17, 15) is 0 Å². The van der Waals surface area contributed by atoms with Gasteiger partial charge < -0.3 is 4.57 Å². The van der Waals surface area contributed by atoms with Gasteiger partial charge in [-0.1, -0.05) is 60.7 Å². The predicted molar refractivity (Wildman–Crippen MR) is 140 cm³/mol. The van der Waals surface area contributed by atoms with Gasteiger partial charge in [0, 0.05) is 33.4 Å². The molecule has 0 spiro atoms. The minimum atomic E-state index is 0.955. The van der Waals surface area contributed by atoms with Crippen LogP contribution in [0.15, 0.2) is 109 Å². The molecule has 158 valence electrons. The van der Waals surface area contributed by atoms with Crippen LogP contribution in [-0.2, 0) is 0 Å². The van der Waals surface area contributed by atoms with Crippen molar-refractivity contribution in [2.75, 3.05) is 0 Å². The molecule has 34 heavy (non-hydrogen) atoms. The lowest BCUT2D eigenvalue weighted by Gasteiger charge is -2.11. The van der Waals surface area contributed by atoms with Crippen LogP contribution in [0, 0.1) is 0 Å². The molecule has 0 atom stereocenters. The number of hydrogen-bond acceptors (Lipinski definition) is 2. The summed E-state index contributed by atoms with van der Waals surface area (Å²) in [6, 6.07) is 34.4. The smallest absolute Gasteiger partial charge is 0.147 e. The number of aromatic nitrogens is 4. The Morgan fingerprint density at radius 2 is 1.29 bits per heavy atom. The maximum Gasteiger partial charge on any atom is 0.147 e. The second-order valence-electron chi connectivity index (χ2n) is 8.72. The van der Waals surface area contributed by atoms with E-state index in [4.69, 9.17) is 4.98 Å². The van der Waals surface area contributed by atoms with Crippen LogP contribution in [0.5, 0.6) is 0 Å². The van der Waals surface area contributed by atoms with Crippen LogP contribution in [0.3, 0.4) is 0 Å². The molecule has 0 amide bonds. The molecule has 4 aromatic carbocycles. The number of pyridine rings is 2. The highest BCUT2D eigenvalue weighted by Crippen LogP contribution is 2.41. The summed E-state index contributed by atoms with van der Waals surface area (Å²) in [5.74, 6) is 0. The van der Waals surface area contributed by atoms with Gasteiger partial charge in [-0.15, -0.1) is 0 Å². The molecule has 0 saturated carbocycles. The first kappa shape index (κ1) is 17.8. The molecule has 4 nitrogen and oxygen atoms in total. The molecular weight excluding hydrogens is 416 g/mol. The normalized spacial score (nSPS) is 12.1. The summed E-state index contributed by atoms with van der Waals surface area (Å²) in [4.78, 5) is 9.56. The summed E-state index contributed by atoms with van der Waals surface area (Å²) >= 11 is 0. The summed E-state index contributed by atoms with van der Waals surface area (Å²) in [6.45, 7) is 0. The Labute approximate surface area is 194 Å². The van der Waals surface area contributed by atoms with Crippen LogP contribution in [0.2, 0.25) is 0 Å². The molecule has 0 radical (unpaired) electrons. The second-order valence-corrected chi connectivity index (χ2v) is 8.72. The van der Waals surface area contributed by atoms with Gasteiger partial charge in [-0.25, -0.2) is 4.98 Å². The lowest BCUT2D eigenvalue weighted by atomic mass is 10.0. The molecule has 4 heterocycles. The first-order chi connectivity index (χ1) is 16.9. The summed E-state index contributed by atoms with van der Waals surface area (Å²) in [7, 11) is 0. The first-order valence-electron chi connectivity index (χ1n) is 11.4. The van der Waals surface area contributed by atoms with Gasteiger partial charge in [0.05, 0.1) is 33.8 Å². The van der Waals surface area contributed by atoms with Crippen LogP contribution in [0.4, 0.5) is 0 Å². The monoisotopic (exact) mass is 434 g/mol. The summed E-state index contributed by atoms with van der Waals surface area (Å²) in [6.07, 6.45) is 3.73. The number of imidazole rings is 1. The van der Waals surface area contributed by atoms with Gasteiger partial charge >= 0.3 is 0 Å². The number of rotatable bonds is 1. The van der Waals surface area contributed by atoms with Crippen molar-refractivity contribution in [2.45, 2.75) is 0 Å². The van der Waals surface area contributed by atoms with E-state index in [2.05, 4.69) is 105 Å². The van der Waals surface area contributed by atoms with Gasteiger partial charge in [0.2, 0.25) is 0 Å². The van der Waals surface area contributed by atoms with Gasteiger partial charge in [-0.2, -0.15) is 0 Å². The van der Waals surface area contributed by atoms with Crippen molar-refractivity contribution in [1.29, 1.82) is 0 Å². The number of fused-ring (bicyclic) bond motifs is 12. The number of benzene rings is 4. The third-order valence-electron chi connectivity index (χ3n) is 6.97. The highest BCUT2D eigenvalue weighted by atomic mass is 15.0. The fraction of sp³-hybridized carbons (Fsp3) is 0. The average molecular weight is 435 g/mol. The zero-order valence-corrected chi connectivity index (χ0v) is 18.2. The van der Waals surface area contributed by atoms with E-state index in [0.717, 1.165) is 27.9 Å². The summed E-state index contributed by atoms with van der Waals surface area (Å²) in [5.41, 5.74) is 7.63. The van der Waals surface area contributed by atoms with Crippen LogP contribution in [-0.4, -0.2) is 18.9 Å². The molecule has 4 heteroatoms. The standard InChI is InChI=1S/C30H18N4/c1-2-8-19(9-3-1)33-25-13-7-5-11-22(25)28-26(33)15-14-21-20-10-4-6-12-24(20)34-27-18-31-17-16-23(27)32-30(34)29(21)28/h1-18H. The van der Waals surface area contributed by atoms with Crippen LogP contribution in [0.1, 0.15) is 0 Å². The third kappa shape index (κ3) is 2.17. The van der Waals surface area contributed by atoms with Crippen molar-refractivity contribution >= 4 is 60.2 Å². The van der Waals surface area contributed by atoms with E-state index in [-0.39, 0.29) is 0 Å². The minimum Gasteiger partial charge on any atom is -0.309 e. The van der Waals surface area contributed by atoms with Crippen LogP contribution < -0.4 is 0 Å². The van der Waals surface area contributed by atoms with Gasteiger partial charge in [0.15, 0.2) is 0 Å². The molecule has 8 aromatic rings. The van der Waals surface area contributed by atoms with Crippen LogP contribution in [0.25, 0.3) is 65.8 Å². The molecule has 0 unspecified atom stereocenters. The Morgan fingerprint density at radius 1 is 0.529 bits per heavy atom. The quantitative estimate of drug-likeness (QED) is 0.254. The van der Waals surface area contributed by atoms with Crippen molar-refractivity contribution in [3.63, 3.8) is 0 Å². The molecular formula is C30H18N4. The van der Waals surface area contributed by atoms with E-state index >= 15 is 0 Å². The summed E-state index contributed by atoms with van der Waals surface area (Å²) in [5, 5.41) is 6.07. The lowest BCUT2D eigenvalue weighted by molar-refractivity contribution is 1.18. The Bertz CT molecular complexity index is 2060.